The van der Waals surface area contributed by atoms with Gasteiger partial charge in [0.15, 0.2) is 0 Å². The first-order valence-electron chi connectivity index (χ1n) is 6.23. The summed E-state index contributed by atoms with van der Waals surface area (Å²) >= 11 is 0. The topological polar surface area (TPSA) is 51.0 Å². The molecule has 0 aliphatic carbocycles. The number of nitrogens with zero attached hydrogens (tertiary/aromatic N) is 2. The average Bonchev–Trinajstić information content (AvgIpc) is 2.88. The highest BCUT2D eigenvalue weighted by molar-refractivity contribution is 5.54. The Labute approximate surface area is 108 Å². The Morgan fingerprint density at radius 2 is 2.00 bits per heavy atom. The van der Waals surface area contributed by atoms with E-state index in [0.717, 1.165) is 32.0 Å². The molecule has 4 nitrogen and oxygen atoms in total. The molecule has 3 rings (SSSR count). The van der Waals surface area contributed by atoms with Crippen LogP contribution in [0, 0.1) is 11.6 Å². The first-order chi connectivity index (χ1) is 9.22. The zero-order valence-corrected chi connectivity index (χ0v) is 10.2. The first kappa shape index (κ1) is 12.2. The molecule has 1 aliphatic rings. The third-order valence-electron chi connectivity index (χ3n) is 3.21. The van der Waals surface area contributed by atoms with Gasteiger partial charge in [0, 0.05) is 18.2 Å². The van der Waals surface area contributed by atoms with E-state index in [2.05, 4.69) is 15.5 Å². The van der Waals surface area contributed by atoms with Crippen molar-refractivity contribution < 1.29 is 13.3 Å². The molecule has 2 heterocycles. The van der Waals surface area contributed by atoms with Crippen molar-refractivity contribution in [2.24, 2.45) is 0 Å². The molecule has 2 aromatic rings. The van der Waals surface area contributed by atoms with Gasteiger partial charge in [-0.2, -0.15) is 4.98 Å². The molecule has 1 N–H and O–H groups in total. The fraction of sp³-hybridized carbons (Fsp3) is 0.385. The summed E-state index contributed by atoms with van der Waals surface area (Å²) in [6.07, 6.45) is 2.03. The zero-order valence-electron chi connectivity index (χ0n) is 10.2. The van der Waals surface area contributed by atoms with Gasteiger partial charge in [-0.25, -0.2) is 8.78 Å². The first-order valence-corrected chi connectivity index (χ1v) is 6.23. The van der Waals surface area contributed by atoms with Crippen LogP contribution >= 0.6 is 0 Å². The monoisotopic (exact) mass is 265 g/mol. The highest BCUT2D eigenvalue weighted by Gasteiger charge is 2.22. The smallest absolute Gasteiger partial charge is 0.231 e. The maximum atomic E-state index is 13.1. The molecule has 0 saturated carbocycles. The summed E-state index contributed by atoms with van der Waals surface area (Å²) in [5.41, 5.74) is 0.288. The number of nitrogens with one attached hydrogen (secondary N) is 1. The molecule has 6 heteroatoms. The second-order valence-electron chi connectivity index (χ2n) is 4.66. The lowest BCUT2D eigenvalue weighted by Gasteiger charge is -2.18. The Morgan fingerprint density at radius 1 is 1.21 bits per heavy atom. The standard InChI is InChI=1S/C13H13F2N3O/c14-10-4-9(5-11(15)6-10)12-17-13(19-18-12)8-2-1-3-16-7-8/h4-6,8,16H,1-3,7H2/t8-/m1/s1. The molecule has 0 unspecified atom stereocenters. The van der Waals surface area contributed by atoms with E-state index in [1.807, 2.05) is 0 Å². The van der Waals surface area contributed by atoms with Gasteiger partial charge in [-0.15, -0.1) is 0 Å². The number of hydrogen-bond donors (Lipinski definition) is 1. The fourth-order valence-corrected chi connectivity index (χ4v) is 2.26. The van der Waals surface area contributed by atoms with Crippen molar-refractivity contribution in [2.45, 2.75) is 18.8 Å². The Kier molecular flexibility index (Phi) is 3.25. The van der Waals surface area contributed by atoms with E-state index < -0.39 is 11.6 Å². The Morgan fingerprint density at radius 3 is 2.68 bits per heavy atom. The highest BCUT2D eigenvalue weighted by Crippen LogP contribution is 2.25. The van der Waals surface area contributed by atoms with Crippen LogP contribution in [0.1, 0.15) is 24.7 Å². The second kappa shape index (κ2) is 5.05. The lowest BCUT2D eigenvalue weighted by molar-refractivity contribution is 0.322. The number of aromatic nitrogens is 2. The molecule has 1 aromatic carbocycles. The van der Waals surface area contributed by atoms with Crippen LogP contribution in [0.4, 0.5) is 8.78 Å². The minimum absolute atomic E-state index is 0.174. The van der Waals surface area contributed by atoms with Crippen molar-refractivity contribution in [1.29, 1.82) is 0 Å². The van der Waals surface area contributed by atoms with Gasteiger partial charge in [0.05, 0.1) is 5.92 Å². The number of hydrogen-bond acceptors (Lipinski definition) is 4. The summed E-state index contributed by atoms with van der Waals surface area (Å²) in [5, 5.41) is 7.05. The third-order valence-corrected chi connectivity index (χ3v) is 3.21. The van der Waals surface area contributed by atoms with Crippen molar-refractivity contribution in [3.8, 4) is 11.4 Å². The Hall–Kier alpha value is -1.82. The van der Waals surface area contributed by atoms with Crippen molar-refractivity contribution >= 4 is 0 Å². The van der Waals surface area contributed by atoms with E-state index in [1.165, 1.54) is 12.1 Å². The minimum atomic E-state index is -0.652. The molecule has 1 aliphatic heterocycles. The van der Waals surface area contributed by atoms with Gasteiger partial charge in [-0.05, 0) is 31.5 Å². The molecule has 0 amide bonds. The SMILES string of the molecule is Fc1cc(F)cc(-c2noc([C@@H]3CCCNC3)n2)c1. The van der Waals surface area contributed by atoms with Crippen LogP contribution in [0.3, 0.4) is 0 Å². The van der Waals surface area contributed by atoms with Gasteiger partial charge < -0.3 is 9.84 Å². The minimum Gasteiger partial charge on any atom is -0.339 e. The molecule has 0 radical (unpaired) electrons. The van der Waals surface area contributed by atoms with E-state index in [9.17, 15) is 8.78 Å². The fourth-order valence-electron chi connectivity index (χ4n) is 2.26. The summed E-state index contributed by atoms with van der Waals surface area (Å²) < 4.78 is 31.5. The van der Waals surface area contributed by atoms with Crippen LogP contribution in [0.2, 0.25) is 0 Å². The second-order valence-corrected chi connectivity index (χ2v) is 4.66. The molecular formula is C13H13F2N3O. The number of halogens is 2. The Bertz CT molecular complexity index is 559. The van der Waals surface area contributed by atoms with Crippen LogP contribution in [-0.2, 0) is 0 Å². The number of benzene rings is 1. The summed E-state index contributed by atoms with van der Waals surface area (Å²) in [4.78, 5) is 4.24. The van der Waals surface area contributed by atoms with Crippen molar-refractivity contribution in [2.75, 3.05) is 13.1 Å². The summed E-state index contributed by atoms with van der Waals surface area (Å²) in [6, 6.07) is 3.20. The van der Waals surface area contributed by atoms with E-state index in [1.54, 1.807) is 0 Å². The van der Waals surface area contributed by atoms with Gasteiger partial charge in [-0.3, -0.25) is 0 Å². The van der Waals surface area contributed by atoms with Gasteiger partial charge in [0.2, 0.25) is 11.7 Å². The molecule has 0 spiro atoms. The van der Waals surface area contributed by atoms with Crippen molar-refractivity contribution in [1.82, 2.24) is 15.5 Å². The highest BCUT2D eigenvalue weighted by atomic mass is 19.1. The predicted molar refractivity (Wildman–Crippen MR) is 64.5 cm³/mol. The lowest BCUT2D eigenvalue weighted by atomic mass is 10.00. The van der Waals surface area contributed by atoms with E-state index in [-0.39, 0.29) is 17.3 Å². The van der Waals surface area contributed by atoms with Crippen LogP contribution in [0.5, 0.6) is 0 Å². The number of piperidine rings is 1. The quantitative estimate of drug-likeness (QED) is 0.906. The van der Waals surface area contributed by atoms with Crippen LogP contribution in [0.25, 0.3) is 11.4 Å². The molecular weight excluding hydrogens is 252 g/mol. The normalized spacial score (nSPS) is 19.6. The third kappa shape index (κ3) is 2.63. The van der Waals surface area contributed by atoms with Gasteiger partial charge in [0.25, 0.3) is 0 Å². The molecule has 1 atom stereocenters. The van der Waals surface area contributed by atoms with Gasteiger partial charge in [-0.1, -0.05) is 5.16 Å². The van der Waals surface area contributed by atoms with E-state index in [4.69, 9.17) is 4.52 Å². The maximum absolute atomic E-state index is 13.1. The Balaban J connectivity index is 1.87. The summed E-state index contributed by atoms with van der Waals surface area (Å²) in [5.74, 6) is -0.388. The van der Waals surface area contributed by atoms with Gasteiger partial charge >= 0.3 is 0 Å². The number of rotatable bonds is 2. The zero-order chi connectivity index (χ0) is 13.2. The molecule has 19 heavy (non-hydrogen) atoms. The van der Waals surface area contributed by atoms with Crippen LogP contribution in [0.15, 0.2) is 22.7 Å². The molecule has 0 bridgehead atoms. The molecule has 100 valence electrons. The maximum Gasteiger partial charge on any atom is 0.231 e. The largest absolute Gasteiger partial charge is 0.339 e. The van der Waals surface area contributed by atoms with Crippen molar-refractivity contribution in [3.05, 3.63) is 35.7 Å². The predicted octanol–water partition coefficient (Wildman–Crippen LogP) is 2.48. The van der Waals surface area contributed by atoms with E-state index in [0.29, 0.717) is 5.89 Å². The molecule has 1 aromatic heterocycles. The lowest BCUT2D eigenvalue weighted by Crippen LogP contribution is -2.28. The van der Waals surface area contributed by atoms with Crippen molar-refractivity contribution in [3.63, 3.8) is 0 Å². The summed E-state index contributed by atoms with van der Waals surface area (Å²) in [7, 11) is 0. The molecule has 1 fully saturated rings. The van der Waals surface area contributed by atoms with E-state index >= 15 is 0 Å². The average molecular weight is 265 g/mol. The van der Waals surface area contributed by atoms with Crippen LogP contribution in [-0.4, -0.2) is 23.2 Å². The summed E-state index contributed by atoms with van der Waals surface area (Å²) in [6.45, 7) is 1.78. The van der Waals surface area contributed by atoms with Gasteiger partial charge in [0.1, 0.15) is 11.6 Å². The van der Waals surface area contributed by atoms with Crippen LogP contribution < -0.4 is 5.32 Å². The molecule has 1 saturated heterocycles.